The van der Waals surface area contributed by atoms with Gasteiger partial charge in [-0.1, -0.05) is 21.6 Å². The molecule has 10 nitrogen and oxygen atoms in total. The first kappa shape index (κ1) is 29.5. The second-order valence-corrected chi connectivity index (χ2v) is 16.0. The molecule has 0 aliphatic carbocycles. The maximum atomic E-state index is 12.8. The third kappa shape index (κ3) is 6.95. The van der Waals surface area contributed by atoms with E-state index >= 15 is 0 Å². The number of hydrogen-bond acceptors (Lipinski definition) is 10. The smallest absolute Gasteiger partial charge is 0.235 e. The fourth-order valence-corrected chi connectivity index (χ4v) is 10.1. The number of anilines is 2. The van der Waals surface area contributed by atoms with Crippen molar-refractivity contribution in [3.8, 4) is 0 Å². The summed E-state index contributed by atoms with van der Waals surface area (Å²) in [6, 6.07) is 14.4. The van der Waals surface area contributed by atoms with Crippen LogP contribution in [0.2, 0.25) is 0 Å². The molecule has 2 unspecified atom stereocenters. The molecular weight excluding hydrogens is 617 g/mol. The van der Waals surface area contributed by atoms with Crippen LogP contribution in [0, 0.1) is 0 Å². The molecule has 2 aliphatic rings. The first-order chi connectivity index (χ1) is 20.3. The van der Waals surface area contributed by atoms with Gasteiger partial charge in [-0.2, -0.15) is 0 Å². The lowest BCUT2D eigenvalue weighted by molar-refractivity contribution is 0.127. The summed E-state index contributed by atoms with van der Waals surface area (Å²) < 4.78 is 67.8. The minimum Gasteiger partial charge on any atom is -0.377 e. The lowest BCUT2D eigenvalue weighted by Gasteiger charge is -2.15. The highest BCUT2D eigenvalue weighted by Crippen LogP contribution is 2.44. The molecule has 42 heavy (non-hydrogen) atoms. The Balaban J connectivity index is 1.21. The number of nitrogens with one attached hydrogen (secondary N) is 2. The van der Waals surface area contributed by atoms with Gasteiger partial charge in [-0.05, 0) is 74.2 Å². The van der Waals surface area contributed by atoms with Gasteiger partial charge in [0, 0.05) is 46.2 Å². The van der Waals surface area contributed by atoms with Gasteiger partial charge in [0.15, 0.2) is 0 Å². The van der Waals surface area contributed by atoms with E-state index in [9.17, 15) is 16.8 Å². The Kier molecular flexibility index (Phi) is 8.80. The van der Waals surface area contributed by atoms with Crippen LogP contribution in [0.3, 0.4) is 0 Å². The van der Waals surface area contributed by atoms with E-state index in [1.165, 1.54) is 21.6 Å². The summed E-state index contributed by atoms with van der Waals surface area (Å²) in [6.45, 7) is 1.19. The first-order valence-electron chi connectivity index (χ1n) is 13.6. The number of hydrogen-bond donors (Lipinski definition) is 2. The van der Waals surface area contributed by atoms with Crippen molar-refractivity contribution in [3.05, 3.63) is 60.9 Å². The lowest BCUT2D eigenvalue weighted by atomic mass is 10.2. The van der Waals surface area contributed by atoms with Gasteiger partial charge in [0.1, 0.15) is 0 Å². The van der Waals surface area contributed by atoms with Gasteiger partial charge < -0.3 is 9.47 Å². The Morgan fingerprint density at radius 3 is 1.55 bits per heavy atom. The SMILES string of the molecule is O=S(=O)(CC1CCCO1)Nc1ccc(SSc2ccc(NS(=O)(=O)CC3CCCO3)c3cccnc23)c2ncccc12. The van der Waals surface area contributed by atoms with Crippen molar-refractivity contribution in [1.29, 1.82) is 0 Å². The van der Waals surface area contributed by atoms with E-state index in [2.05, 4.69) is 19.4 Å². The predicted octanol–water partition coefficient (Wildman–Crippen LogP) is 5.42. The number of nitrogens with zero attached hydrogens (tertiary/aromatic N) is 2. The van der Waals surface area contributed by atoms with E-state index in [4.69, 9.17) is 9.47 Å². The Morgan fingerprint density at radius 2 is 1.14 bits per heavy atom. The number of sulfonamides is 2. The molecule has 2 atom stereocenters. The van der Waals surface area contributed by atoms with E-state index < -0.39 is 20.0 Å². The van der Waals surface area contributed by atoms with E-state index in [-0.39, 0.29) is 23.7 Å². The maximum Gasteiger partial charge on any atom is 0.235 e. The van der Waals surface area contributed by atoms with Crippen molar-refractivity contribution in [2.75, 3.05) is 34.2 Å². The second kappa shape index (κ2) is 12.5. The zero-order valence-corrected chi connectivity index (χ0v) is 25.8. The molecule has 4 aromatic rings. The summed E-state index contributed by atoms with van der Waals surface area (Å²) in [5.41, 5.74) is 2.28. The van der Waals surface area contributed by atoms with Gasteiger partial charge in [-0.3, -0.25) is 19.4 Å². The van der Waals surface area contributed by atoms with Crippen LogP contribution in [-0.4, -0.2) is 63.7 Å². The molecule has 4 heterocycles. The Labute approximate surface area is 252 Å². The molecule has 2 aromatic carbocycles. The number of pyridine rings is 2. The van der Waals surface area contributed by atoms with Gasteiger partial charge in [0.05, 0.1) is 46.1 Å². The molecule has 2 aliphatic heterocycles. The van der Waals surface area contributed by atoms with Crippen LogP contribution in [-0.2, 0) is 29.5 Å². The Bertz CT molecular complexity index is 1680. The fraction of sp³-hybridized carbons (Fsp3) is 0.357. The third-order valence-corrected chi connectivity index (χ3v) is 12.2. The van der Waals surface area contributed by atoms with E-state index in [0.29, 0.717) is 46.4 Å². The lowest BCUT2D eigenvalue weighted by Crippen LogP contribution is -2.25. The fourth-order valence-electron chi connectivity index (χ4n) is 5.16. The number of fused-ring (bicyclic) bond motifs is 2. The van der Waals surface area contributed by atoms with Gasteiger partial charge in [-0.15, -0.1) is 0 Å². The summed E-state index contributed by atoms with van der Waals surface area (Å²) >= 11 is 0. The van der Waals surface area contributed by atoms with E-state index in [1.807, 2.05) is 24.3 Å². The predicted molar refractivity (Wildman–Crippen MR) is 168 cm³/mol. The summed E-state index contributed by atoms with van der Waals surface area (Å²) in [6.07, 6.45) is 6.00. The summed E-state index contributed by atoms with van der Waals surface area (Å²) in [4.78, 5) is 10.8. The van der Waals surface area contributed by atoms with Gasteiger partial charge in [0.25, 0.3) is 0 Å². The van der Waals surface area contributed by atoms with Crippen molar-refractivity contribution in [1.82, 2.24) is 9.97 Å². The highest BCUT2D eigenvalue weighted by molar-refractivity contribution is 8.76. The maximum absolute atomic E-state index is 12.8. The average Bonchev–Trinajstić information content (AvgIpc) is 3.67. The molecule has 6 rings (SSSR count). The van der Waals surface area contributed by atoms with Crippen LogP contribution in [0.1, 0.15) is 25.7 Å². The molecular formula is C28H30N4O6S4. The topological polar surface area (TPSA) is 137 Å². The molecule has 2 N–H and O–H groups in total. The van der Waals surface area contributed by atoms with Crippen LogP contribution >= 0.6 is 21.6 Å². The molecule has 0 amide bonds. The first-order valence-corrected chi connectivity index (χ1v) is 19.1. The number of rotatable bonds is 11. The van der Waals surface area contributed by atoms with Crippen molar-refractivity contribution >= 4 is 74.8 Å². The van der Waals surface area contributed by atoms with Crippen LogP contribution in [0.25, 0.3) is 21.8 Å². The third-order valence-electron chi connectivity index (χ3n) is 7.08. The molecule has 0 saturated carbocycles. The minimum atomic E-state index is -3.60. The van der Waals surface area contributed by atoms with Crippen molar-refractivity contribution in [2.24, 2.45) is 0 Å². The minimum absolute atomic E-state index is 0.0817. The average molecular weight is 647 g/mol. The standard InChI is InChI=1S/C28H30N4O6S4/c33-41(34,17-19-5-3-15-37-19)31-23-9-11-25(27-21(23)7-1-13-29-27)39-40-26-12-10-24(22-8-2-14-30-28(22)26)32-42(35,36)18-20-6-4-16-38-20/h1-2,7-14,19-20,31-32H,3-6,15-18H2. The summed E-state index contributed by atoms with van der Waals surface area (Å²) in [5.74, 6) is -0.163. The number of benzene rings is 2. The highest BCUT2D eigenvalue weighted by atomic mass is 33.1. The largest absolute Gasteiger partial charge is 0.377 e. The molecule has 14 heteroatoms. The molecule has 0 radical (unpaired) electrons. The number of ether oxygens (including phenoxy) is 2. The molecule has 0 bridgehead atoms. The highest BCUT2D eigenvalue weighted by Gasteiger charge is 2.25. The van der Waals surface area contributed by atoms with Gasteiger partial charge in [0.2, 0.25) is 20.0 Å². The molecule has 2 saturated heterocycles. The van der Waals surface area contributed by atoms with Crippen LogP contribution in [0.15, 0.2) is 70.7 Å². The molecule has 222 valence electrons. The Morgan fingerprint density at radius 1 is 0.690 bits per heavy atom. The molecule has 2 fully saturated rings. The quantitative estimate of drug-likeness (QED) is 0.203. The zero-order valence-electron chi connectivity index (χ0n) is 22.6. The number of aromatic nitrogens is 2. The van der Waals surface area contributed by atoms with Crippen LogP contribution in [0.5, 0.6) is 0 Å². The van der Waals surface area contributed by atoms with E-state index in [0.717, 1.165) is 35.5 Å². The summed E-state index contributed by atoms with van der Waals surface area (Å²) in [5, 5.41) is 1.39. The monoisotopic (exact) mass is 646 g/mol. The van der Waals surface area contributed by atoms with Crippen molar-refractivity contribution in [3.63, 3.8) is 0 Å². The Hall–Kier alpha value is -2.62. The molecule has 0 spiro atoms. The van der Waals surface area contributed by atoms with E-state index in [1.54, 1.807) is 36.7 Å². The van der Waals surface area contributed by atoms with Gasteiger partial charge in [-0.25, -0.2) is 16.8 Å². The molecule has 2 aromatic heterocycles. The van der Waals surface area contributed by atoms with Gasteiger partial charge >= 0.3 is 0 Å². The van der Waals surface area contributed by atoms with Crippen LogP contribution in [0.4, 0.5) is 11.4 Å². The summed E-state index contributed by atoms with van der Waals surface area (Å²) in [7, 11) is -4.26. The normalized spacial score (nSPS) is 19.4. The second-order valence-electron chi connectivity index (χ2n) is 10.2. The van der Waals surface area contributed by atoms with Crippen molar-refractivity contribution < 1.29 is 26.3 Å². The van der Waals surface area contributed by atoms with Crippen molar-refractivity contribution in [2.45, 2.75) is 47.7 Å². The van der Waals surface area contributed by atoms with Crippen LogP contribution < -0.4 is 9.44 Å². The zero-order chi connectivity index (χ0) is 29.2.